The predicted octanol–water partition coefficient (Wildman–Crippen LogP) is 1.18. The third-order valence-electron chi connectivity index (χ3n) is 3.19. The molecule has 0 unspecified atom stereocenters. The highest BCUT2D eigenvalue weighted by atomic mass is 127. The molecule has 1 heterocycles. The average Bonchev–Trinajstić information content (AvgIpc) is 2.41. The Bertz CT molecular complexity index is 679. The first-order chi connectivity index (χ1) is 9.79. The molecule has 0 bridgehead atoms. The fourth-order valence-electron chi connectivity index (χ4n) is 2.03. The number of benzene rings is 1. The Labute approximate surface area is 139 Å². The minimum absolute atomic E-state index is 0.0387. The SMILES string of the molecule is O=C(O)c1cc(S(=O)(=O)NC2CCS(=O)CC2)ccc1I. The molecular formula is C12H14INO5S2. The first kappa shape index (κ1) is 16.8. The average molecular weight is 443 g/mol. The molecule has 9 heteroatoms. The molecule has 1 aliphatic rings. The zero-order valence-electron chi connectivity index (χ0n) is 10.9. The highest BCUT2D eigenvalue weighted by molar-refractivity contribution is 14.1. The van der Waals surface area contributed by atoms with Crippen molar-refractivity contribution >= 4 is 49.4 Å². The Morgan fingerprint density at radius 1 is 1.33 bits per heavy atom. The van der Waals surface area contributed by atoms with Crippen LogP contribution in [0.15, 0.2) is 23.1 Å². The van der Waals surface area contributed by atoms with E-state index in [0.717, 1.165) is 6.07 Å². The van der Waals surface area contributed by atoms with Gasteiger partial charge in [0, 0.05) is 31.9 Å². The Kier molecular flexibility index (Phi) is 5.38. The molecule has 2 N–H and O–H groups in total. The van der Waals surface area contributed by atoms with Crippen molar-refractivity contribution in [2.75, 3.05) is 11.5 Å². The van der Waals surface area contributed by atoms with Gasteiger partial charge >= 0.3 is 5.97 Å². The second-order valence-electron chi connectivity index (χ2n) is 4.69. The van der Waals surface area contributed by atoms with Crippen molar-refractivity contribution in [3.63, 3.8) is 0 Å². The van der Waals surface area contributed by atoms with Crippen molar-refractivity contribution in [2.24, 2.45) is 0 Å². The first-order valence-electron chi connectivity index (χ1n) is 6.20. The van der Waals surface area contributed by atoms with Gasteiger partial charge in [0.15, 0.2) is 0 Å². The second-order valence-corrected chi connectivity index (χ2v) is 9.26. The van der Waals surface area contributed by atoms with E-state index in [-0.39, 0.29) is 16.5 Å². The lowest BCUT2D eigenvalue weighted by atomic mass is 10.2. The molecule has 1 aliphatic heterocycles. The van der Waals surface area contributed by atoms with E-state index in [1.54, 1.807) is 0 Å². The van der Waals surface area contributed by atoms with E-state index in [1.807, 2.05) is 22.6 Å². The fraction of sp³-hybridized carbons (Fsp3) is 0.417. The fourth-order valence-corrected chi connectivity index (χ4v) is 5.23. The van der Waals surface area contributed by atoms with Crippen molar-refractivity contribution in [2.45, 2.75) is 23.8 Å². The maximum Gasteiger partial charge on any atom is 0.336 e. The van der Waals surface area contributed by atoms with E-state index in [9.17, 15) is 17.4 Å². The number of aromatic carboxylic acids is 1. The van der Waals surface area contributed by atoms with Crippen LogP contribution < -0.4 is 4.72 Å². The Morgan fingerprint density at radius 2 is 1.95 bits per heavy atom. The molecule has 1 saturated heterocycles. The van der Waals surface area contributed by atoms with E-state index in [0.29, 0.717) is 27.9 Å². The topological polar surface area (TPSA) is 101 Å². The summed E-state index contributed by atoms with van der Waals surface area (Å²) in [5.41, 5.74) is -0.0387. The lowest BCUT2D eigenvalue weighted by Gasteiger charge is -2.22. The maximum absolute atomic E-state index is 12.3. The molecular weight excluding hydrogens is 429 g/mol. The standard InChI is InChI=1S/C12H14INO5S2/c13-11-2-1-9(7-10(11)12(15)16)21(18,19)14-8-3-5-20(17)6-4-8/h1-2,7-8,14H,3-6H2,(H,15,16). The number of carboxylic acids is 1. The number of hydrogen-bond acceptors (Lipinski definition) is 4. The molecule has 0 aromatic heterocycles. The molecule has 0 atom stereocenters. The van der Waals surface area contributed by atoms with Crippen LogP contribution in [0.1, 0.15) is 23.2 Å². The molecule has 0 saturated carbocycles. The Balaban J connectivity index is 2.21. The highest BCUT2D eigenvalue weighted by Gasteiger charge is 2.25. The lowest BCUT2D eigenvalue weighted by Crippen LogP contribution is -2.39. The molecule has 1 aromatic carbocycles. The van der Waals surface area contributed by atoms with E-state index < -0.39 is 26.8 Å². The summed E-state index contributed by atoms with van der Waals surface area (Å²) in [6.45, 7) is 0. The zero-order valence-corrected chi connectivity index (χ0v) is 14.7. The number of sulfonamides is 1. The van der Waals surface area contributed by atoms with Crippen LogP contribution in [0.3, 0.4) is 0 Å². The molecule has 0 radical (unpaired) electrons. The Morgan fingerprint density at radius 3 is 2.52 bits per heavy atom. The van der Waals surface area contributed by atoms with Crippen LogP contribution in [-0.2, 0) is 20.8 Å². The third-order valence-corrected chi connectivity index (χ3v) is 7.03. The highest BCUT2D eigenvalue weighted by Crippen LogP contribution is 2.19. The molecule has 0 spiro atoms. The number of carboxylic acid groups (broad SMARTS) is 1. The summed E-state index contributed by atoms with van der Waals surface area (Å²) in [5, 5.41) is 9.05. The quantitative estimate of drug-likeness (QED) is 0.681. The summed E-state index contributed by atoms with van der Waals surface area (Å²) in [6.07, 6.45) is 1.06. The summed E-state index contributed by atoms with van der Waals surface area (Å²) in [5.74, 6) is -0.190. The van der Waals surface area contributed by atoms with Crippen LogP contribution >= 0.6 is 22.6 Å². The number of halogens is 1. The molecule has 1 aromatic rings. The van der Waals surface area contributed by atoms with Gasteiger partial charge in [-0.15, -0.1) is 0 Å². The monoisotopic (exact) mass is 443 g/mol. The van der Waals surface area contributed by atoms with Crippen LogP contribution in [0.25, 0.3) is 0 Å². The minimum atomic E-state index is -3.77. The molecule has 0 aliphatic carbocycles. The van der Waals surface area contributed by atoms with E-state index in [4.69, 9.17) is 5.11 Å². The molecule has 116 valence electrons. The summed E-state index contributed by atoms with van der Waals surface area (Å²) < 4.78 is 38.9. The van der Waals surface area contributed by atoms with Gasteiger partial charge < -0.3 is 5.11 Å². The van der Waals surface area contributed by atoms with Gasteiger partial charge in [0.25, 0.3) is 0 Å². The summed E-state index contributed by atoms with van der Waals surface area (Å²) >= 11 is 1.85. The van der Waals surface area contributed by atoms with Gasteiger partial charge in [-0.25, -0.2) is 17.9 Å². The second kappa shape index (κ2) is 6.71. The Hall–Kier alpha value is -0.520. The summed E-state index contributed by atoms with van der Waals surface area (Å²) in [6, 6.07) is 3.76. The number of hydrogen-bond donors (Lipinski definition) is 2. The normalized spacial score (nSPS) is 22.9. The van der Waals surface area contributed by atoms with Gasteiger partial charge in [0.05, 0.1) is 10.5 Å². The van der Waals surface area contributed by atoms with Gasteiger partial charge in [0.1, 0.15) is 0 Å². The molecule has 2 rings (SSSR count). The molecule has 6 nitrogen and oxygen atoms in total. The van der Waals surface area contributed by atoms with Crippen molar-refractivity contribution in [3.05, 3.63) is 27.3 Å². The smallest absolute Gasteiger partial charge is 0.336 e. The number of carbonyl (C=O) groups is 1. The summed E-state index contributed by atoms with van der Waals surface area (Å²) in [4.78, 5) is 11.0. The van der Waals surface area contributed by atoms with Crippen molar-refractivity contribution in [1.29, 1.82) is 0 Å². The summed E-state index contributed by atoms with van der Waals surface area (Å²) in [7, 11) is -4.63. The van der Waals surface area contributed by atoms with E-state index >= 15 is 0 Å². The minimum Gasteiger partial charge on any atom is -0.478 e. The van der Waals surface area contributed by atoms with Crippen LogP contribution in [-0.4, -0.2) is 41.3 Å². The van der Waals surface area contributed by atoms with Gasteiger partial charge in [-0.05, 0) is 53.6 Å². The van der Waals surface area contributed by atoms with E-state index in [2.05, 4.69) is 4.72 Å². The van der Waals surface area contributed by atoms with Crippen LogP contribution in [0, 0.1) is 3.57 Å². The predicted molar refractivity (Wildman–Crippen MR) is 87.3 cm³/mol. The maximum atomic E-state index is 12.3. The third kappa shape index (κ3) is 4.24. The number of rotatable bonds is 4. The lowest BCUT2D eigenvalue weighted by molar-refractivity contribution is 0.0695. The van der Waals surface area contributed by atoms with Crippen molar-refractivity contribution in [3.8, 4) is 0 Å². The van der Waals surface area contributed by atoms with Crippen molar-refractivity contribution < 1.29 is 22.5 Å². The molecule has 0 amide bonds. The van der Waals surface area contributed by atoms with Gasteiger partial charge in [-0.3, -0.25) is 4.21 Å². The first-order valence-corrected chi connectivity index (χ1v) is 10.2. The van der Waals surface area contributed by atoms with Gasteiger partial charge in [-0.1, -0.05) is 0 Å². The largest absolute Gasteiger partial charge is 0.478 e. The van der Waals surface area contributed by atoms with Crippen LogP contribution in [0.5, 0.6) is 0 Å². The number of nitrogens with one attached hydrogen (secondary N) is 1. The zero-order chi connectivity index (χ0) is 15.6. The van der Waals surface area contributed by atoms with E-state index in [1.165, 1.54) is 12.1 Å². The molecule has 1 fully saturated rings. The van der Waals surface area contributed by atoms with Gasteiger partial charge in [-0.2, -0.15) is 0 Å². The van der Waals surface area contributed by atoms with Crippen molar-refractivity contribution in [1.82, 2.24) is 4.72 Å². The van der Waals surface area contributed by atoms with Gasteiger partial charge in [0.2, 0.25) is 10.0 Å². The molecule has 21 heavy (non-hydrogen) atoms. The van der Waals surface area contributed by atoms with Crippen LogP contribution in [0.4, 0.5) is 0 Å². The van der Waals surface area contributed by atoms with Crippen LogP contribution in [0.2, 0.25) is 0 Å².